The predicted molar refractivity (Wildman–Crippen MR) is 76.0 cm³/mol. The fourth-order valence-corrected chi connectivity index (χ4v) is 2.66. The van der Waals surface area contributed by atoms with Crippen LogP contribution in [0.2, 0.25) is 0 Å². The molecule has 0 spiro atoms. The van der Waals surface area contributed by atoms with Crippen LogP contribution >= 0.6 is 11.6 Å². The smallest absolute Gasteiger partial charge is 0.160 e. The van der Waals surface area contributed by atoms with E-state index in [1.54, 1.807) is 0 Å². The molecule has 4 heteroatoms. The Morgan fingerprint density at radius 1 is 1.33 bits per heavy atom. The van der Waals surface area contributed by atoms with Gasteiger partial charge in [0.15, 0.2) is 5.65 Å². The van der Waals surface area contributed by atoms with Gasteiger partial charge >= 0.3 is 0 Å². The van der Waals surface area contributed by atoms with Crippen molar-refractivity contribution in [1.82, 2.24) is 14.5 Å². The van der Waals surface area contributed by atoms with E-state index in [1.165, 1.54) is 0 Å². The van der Waals surface area contributed by atoms with Crippen LogP contribution in [-0.4, -0.2) is 14.5 Å². The van der Waals surface area contributed by atoms with Crippen molar-refractivity contribution in [1.29, 1.82) is 0 Å². The highest BCUT2D eigenvalue weighted by Crippen LogP contribution is 2.25. The summed E-state index contributed by atoms with van der Waals surface area (Å²) in [4.78, 5) is 9.11. The lowest BCUT2D eigenvalue weighted by atomic mass is 10.1. The number of fused-ring (bicyclic) bond motifs is 1. The molecule has 0 aromatic carbocycles. The molecule has 0 saturated heterocycles. The molecule has 0 aliphatic heterocycles. The molecule has 1 atom stereocenters. The molecule has 2 aromatic heterocycles. The average Bonchev–Trinajstić information content (AvgIpc) is 2.65. The minimum absolute atomic E-state index is 0.374. The number of halogens is 1. The Kier molecular flexibility index (Phi) is 3.91. The minimum Gasteiger partial charge on any atom is -0.309 e. The first-order valence-corrected chi connectivity index (χ1v) is 6.95. The van der Waals surface area contributed by atoms with E-state index in [-0.39, 0.29) is 0 Å². The van der Waals surface area contributed by atoms with Crippen molar-refractivity contribution in [3.8, 4) is 0 Å². The number of nitrogens with zero attached hydrogens (tertiary/aromatic N) is 3. The maximum absolute atomic E-state index is 6.01. The summed E-state index contributed by atoms with van der Waals surface area (Å²) in [5.41, 5.74) is 3.02. The van der Waals surface area contributed by atoms with E-state index in [0.717, 1.165) is 29.0 Å². The van der Waals surface area contributed by atoms with Crippen LogP contribution in [0.25, 0.3) is 11.2 Å². The van der Waals surface area contributed by atoms with E-state index in [2.05, 4.69) is 41.4 Å². The lowest BCUT2D eigenvalue weighted by Gasteiger charge is -2.18. The predicted octanol–water partition coefficient (Wildman–Crippen LogP) is 4.09. The second-order valence-corrected chi connectivity index (χ2v) is 5.63. The fourth-order valence-electron chi connectivity index (χ4n) is 2.47. The zero-order chi connectivity index (χ0) is 13.3. The van der Waals surface area contributed by atoms with Crippen molar-refractivity contribution >= 4 is 22.8 Å². The van der Waals surface area contributed by atoms with Crippen LogP contribution in [0, 0.1) is 12.8 Å². The molecule has 2 heterocycles. The Balaban J connectivity index is 2.53. The molecule has 3 nitrogen and oxygen atoms in total. The Hall–Kier alpha value is -1.09. The third kappa shape index (κ3) is 2.51. The fraction of sp³-hybridized carbons (Fsp3) is 0.571. The van der Waals surface area contributed by atoms with Crippen molar-refractivity contribution in [3.63, 3.8) is 0 Å². The maximum Gasteiger partial charge on any atom is 0.160 e. The zero-order valence-corrected chi connectivity index (χ0v) is 12.2. The summed E-state index contributed by atoms with van der Waals surface area (Å²) in [6, 6.07) is 2.44. The van der Waals surface area contributed by atoms with Crippen molar-refractivity contribution < 1.29 is 0 Å². The lowest BCUT2D eigenvalue weighted by molar-refractivity contribution is 0.427. The van der Waals surface area contributed by atoms with Crippen molar-refractivity contribution in [2.45, 2.75) is 46.0 Å². The molecule has 0 N–H and O–H groups in total. The first-order valence-electron chi connectivity index (χ1n) is 6.42. The van der Waals surface area contributed by atoms with Gasteiger partial charge in [0.05, 0.1) is 5.88 Å². The lowest BCUT2D eigenvalue weighted by Crippen LogP contribution is -2.11. The molecule has 2 aromatic rings. The second kappa shape index (κ2) is 5.27. The van der Waals surface area contributed by atoms with Crippen LogP contribution < -0.4 is 0 Å². The number of alkyl halides is 1. The van der Waals surface area contributed by atoms with Gasteiger partial charge < -0.3 is 4.57 Å². The van der Waals surface area contributed by atoms with Gasteiger partial charge in [-0.05, 0) is 37.8 Å². The number of aryl methyl sites for hydroxylation is 1. The number of rotatable bonds is 4. The Bertz CT molecular complexity index is 545. The quantitative estimate of drug-likeness (QED) is 0.780. The molecule has 0 bridgehead atoms. The van der Waals surface area contributed by atoms with Gasteiger partial charge in [0.1, 0.15) is 11.3 Å². The van der Waals surface area contributed by atoms with Crippen molar-refractivity contribution in [3.05, 3.63) is 23.7 Å². The Morgan fingerprint density at radius 3 is 2.67 bits per heavy atom. The van der Waals surface area contributed by atoms with Gasteiger partial charge in [-0.3, -0.25) is 0 Å². The molecule has 2 rings (SSSR count). The number of aromatic nitrogens is 3. The molecule has 18 heavy (non-hydrogen) atoms. The largest absolute Gasteiger partial charge is 0.309 e. The molecule has 98 valence electrons. The van der Waals surface area contributed by atoms with Gasteiger partial charge in [-0.2, -0.15) is 0 Å². The highest BCUT2D eigenvalue weighted by Gasteiger charge is 2.17. The number of hydrogen-bond acceptors (Lipinski definition) is 2. The van der Waals surface area contributed by atoms with Crippen LogP contribution in [0.15, 0.2) is 12.3 Å². The normalized spacial score (nSPS) is 13.4. The van der Waals surface area contributed by atoms with E-state index in [0.29, 0.717) is 17.8 Å². The summed E-state index contributed by atoms with van der Waals surface area (Å²) in [7, 11) is 0. The first-order chi connectivity index (χ1) is 8.52. The maximum atomic E-state index is 6.01. The molecule has 0 fully saturated rings. The van der Waals surface area contributed by atoms with Gasteiger partial charge in [-0.1, -0.05) is 13.8 Å². The highest BCUT2D eigenvalue weighted by molar-refractivity contribution is 6.16. The average molecular weight is 266 g/mol. The van der Waals surface area contributed by atoms with Gasteiger partial charge in [0.25, 0.3) is 0 Å². The summed E-state index contributed by atoms with van der Waals surface area (Å²) in [5.74, 6) is 1.99. The van der Waals surface area contributed by atoms with Crippen molar-refractivity contribution in [2.24, 2.45) is 5.92 Å². The number of pyridine rings is 1. The van der Waals surface area contributed by atoms with Crippen LogP contribution in [0.5, 0.6) is 0 Å². The summed E-state index contributed by atoms with van der Waals surface area (Å²) in [5, 5.41) is 0. The number of hydrogen-bond donors (Lipinski definition) is 0. The topological polar surface area (TPSA) is 30.7 Å². The van der Waals surface area contributed by atoms with E-state index in [1.807, 2.05) is 13.1 Å². The monoisotopic (exact) mass is 265 g/mol. The van der Waals surface area contributed by atoms with Crippen LogP contribution in [0.3, 0.4) is 0 Å². The van der Waals surface area contributed by atoms with Gasteiger partial charge in [0, 0.05) is 12.2 Å². The molecule has 0 aliphatic rings. The molecular weight excluding hydrogens is 246 g/mol. The third-order valence-electron chi connectivity index (χ3n) is 3.11. The van der Waals surface area contributed by atoms with Crippen molar-refractivity contribution in [2.75, 3.05) is 0 Å². The molecule has 0 saturated carbocycles. The standard InChI is InChI=1S/C14H20ClN3/c1-9(2)5-11(4)18-13(7-15)17-12-6-10(3)8-16-14(12)18/h6,8-9,11H,5,7H2,1-4H3. The summed E-state index contributed by atoms with van der Waals surface area (Å²) < 4.78 is 2.18. The third-order valence-corrected chi connectivity index (χ3v) is 3.35. The van der Waals surface area contributed by atoms with Gasteiger partial charge in [-0.15, -0.1) is 11.6 Å². The van der Waals surface area contributed by atoms with E-state index >= 15 is 0 Å². The Labute approximate surface area is 113 Å². The Morgan fingerprint density at radius 2 is 2.06 bits per heavy atom. The van der Waals surface area contributed by atoms with E-state index in [9.17, 15) is 0 Å². The van der Waals surface area contributed by atoms with Crippen LogP contribution in [0.4, 0.5) is 0 Å². The van der Waals surface area contributed by atoms with Gasteiger partial charge in [0.2, 0.25) is 0 Å². The van der Waals surface area contributed by atoms with Crippen LogP contribution in [0.1, 0.15) is 44.6 Å². The summed E-state index contributed by atoms with van der Waals surface area (Å²) in [6.45, 7) is 8.70. The van der Waals surface area contributed by atoms with E-state index < -0.39 is 0 Å². The summed E-state index contributed by atoms with van der Waals surface area (Å²) >= 11 is 6.01. The number of imidazole rings is 1. The van der Waals surface area contributed by atoms with Crippen LogP contribution in [-0.2, 0) is 5.88 Å². The first kappa shape index (κ1) is 13.3. The SMILES string of the molecule is Cc1cnc2c(c1)nc(CCl)n2C(C)CC(C)C. The molecule has 1 unspecified atom stereocenters. The van der Waals surface area contributed by atoms with E-state index in [4.69, 9.17) is 11.6 Å². The second-order valence-electron chi connectivity index (χ2n) is 5.37. The molecule has 0 aliphatic carbocycles. The molecule has 0 amide bonds. The highest BCUT2D eigenvalue weighted by atomic mass is 35.5. The zero-order valence-electron chi connectivity index (χ0n) is 11.4. The minimum atomic E-state index is 0.374. The summed E-state index contributed by atoms with van der Waals surface area (Å²) in [6.07, 6.45) is 2.99. The molecule has 0 radical (unpaired) electrons. The van der Waals surface area contributed by atoms with Gasteiger partial charge in [-0.25, -0.2) is 9.97 Å². The molecular formula is C14H20ClN3.